The molecule has 0 spiro atoms. The number of H-pyrrole nitrogens is 1. The van der Waals surface area contributed by atoms with Gasteiger partial charge < -0.3 is 10.1 Å². The molecule has 1 atom stereocenters. The van der Waals surface area contributed by atoms with Crippen molar-refractivity contribution in [2.45, 2.75) is 12.3 Å². The van der Waals surface area contributed by atoms with E-state index in [1.165, 1.54) is 0 Å². The maximum atomic E-state index is 12.7. The molecule has 1 amide bonds. The van der Waals surface area contributed by atoms with Gasteiger partial charge in [-0.05, 0) is 36.2 Å². The number of ether oxygens (including phenoxy) is 1. The number of anilines is 1. The molecule has 2 N–H and O–H groups in total. The molecule has 0 aliphatic heterocycles. The lowest BCUT2D eigenvalue weighted by Crippen LogP contribution is -2.24. The zero-order valence-electron chi connectivity index (χ0n) is 13.0. The summed E-state index contributed by atoms with van der Waals surface area (Å²) < 4.78 is 5.17. The van der Waals surface area contributed by atoms with Crippen molar-refractivity contribution >= 4 is 11.6 Å². The summed E-state index contributed by atoms with van der Waals surface area (Å²) in [7, 11) is 1.58. The first-order valence-electron chi connectivity index (χ1n) is 7.33. The fourth-order valence-electron chi connectivity index (χ4n) is 2.30. The Morgan fingerprint density at radius 2 is 2.12 bits per heavy atom. The Labute approximate surface area is 138 Å². The molecule has 24 heavy (non-hydrogen) atoms. The molecule has 0 bridgehead atoms. The van der Waals surface area contributed by atoms with Gasteiger partial charge >= 0.3 is 0 Å². The van der Waals surface area contributed by atoms with Crippen LogP contribution in [-0.2, 0) is 11.2 Å². The van der Waals surface area contributed by atoms with E-state index in [2.05, 4.69) is 30.9 Å². The molecule has 122 valence electrons. The van der Waals surface area contributed by atoms with E-state index in [-0.39, 0.29) is 5.91 Å². The monoisotopic (exact) mass is 324 g/mol. The van der Waals surface area contributed by atoms with Crippen LogP contribution in [0.3, 0.4) is 0 Å². The minimum atomic E-state index is -0.572. The van der Waals surface area contributed by atoms with Gasteiger partial charge in [0.1, 0.15) is 11.7 Å². The molecule has 0 saturated heterocycles. The molecule has 0 aliphatic carbocycles. The maximum absolute atomic E-state index is 12.7. The average molecular weight is 324 g/mol. The number of carbonyl (C=O) groups excluding carboxylic acids is 1. The highest BCUT2D eigenvalue weighted by molar-refractivity contribution is 5.95. The minimum absolute atomic E-state index is 0.221. The molecular formula is C16H16N6O2. The van der Waals surface area contributed by atoms with Gasteiger partial charge in [0.15, 0.2) is 5.82 Å². The van der Waals surface area contributed by atoms with Crippen molar-refractivity contribution in [3.63, 3.8) is 0 Å². The summed E-state index contributed by atoms with van der Waals surface area (Å²) in [4.78, 5) is 16.7. The summed E-state index contributed by atoms with van der Waals surface area (Å²) in [6.45, 7) is 0. The number of hydrogen-bond donors (Lipinski definition) is 2. The smallest absolute Gasteiger partial charge is 0.235 e. The Balaban J connectivity index is 1.81. The van der Waals surface area contributed by atoms with E-state index in [1.807, 2.05) is 18.2 Å². The van der Waals surface area contributed by atoms with E-state index in [0.29, 0.717) is 23.7 Å². The Bertz CT molecular complexity index is 791. The van der Waals surface area contributed by atoms with E-state index < -0.39 is 5.92 Å². The summed E-state index contributed by atoms with van der Waals surface area (Å²) >= 11 is 0. The molecule has 0 unspecified atom stereocenters. The fraction of sp³-hybridized carbons (Fsp3) is 0.188. The highest BCUT2D eigenvalue weighted by Crippen LogP contribution is 2.21. The van der Waals surface area contributed by atoms with Gasteiger partial charge in [-0.3, -0.25) is 9.78 Å². The normalized spacial score (nSPS) is 11.7. The lowest BCUT2D eigenvalue weighted by molar-refractivity contribution is -0.117. The molecule has 2 heterocycles. The Morgan fingerprint density at radius 3 is 2.83 bits per heavy atom. The highest BCUT2D eigenvalue weighted by atomic mass is 16.5. The van der Waals surface area contributed by atoms with Crippen LogP contribution >= 0.6 is 0 Å². The second-order valence-corrected chi connectivity index (χ2v) is 5.10. The van der Waals surface area contributed by atoms with E-state index in [4.69, 9.17) is 4.74 Å². The first-order valence-corrected chi connectivity index (χ1v) is 7.33. The van der Waals surface area contributed by atoms with Crippen LogP contribution in [0.4, 0.5) is 5.69 Å². The predicted molar refractivity (Wildman–Crippen MR) is 86.5 cm³/mol. The van der Waals surface area contributed by atoms with E-state index in [0.717, 1.165) is 5.56 Å². The van der Waals surface area contributed by atoms with Gasteiger partial charge in [-0.25, -0.2) is 0 Å². The van der Waals surface area contributed by atoms with Crippen LogP contribution in [0.15, 0.2) is 48.8 Å². The van der Waals surface area contributed by atoms with E-state index in [1.54, 1.807) is 37.7 Å². The zero-order valence-corrected chi connectivity index (χ0v) is 13.0. The third-order valence-electron chi connectivity index (χ3n) is 3.52. The van der Waals surface area contributed by atoms with Crippen LogP contribution < -0.4 is 10.1 Å². The number of pyridine rings is 1. The van der Waals surface area contributed by atoms with E-state index >= 15 is 0 Å². The lowest BCUT2D eigenvalue weighted by Gasteiger charge is -2.14. The van der Waals surface area contributed by atoms with Crippen molar-refractivity contribution in [2.24, 2.45) is 0 Å². The van der Waals surface area contributed by atoms with Crippen molar-refractivity contribution in [3.8, 4) is 5.75 Å². The molecule has 0 aliphatic rings. The quantitative estimate of drug-likeness (QED) is 0.713. The first-order chi connectivity index (χ1) is 11.8. The highest BCUT2D eigenvalue weighted by Gasteiger charge is 2.25. The third kappa shape index (κ3) is 3.72. The number of methoxy groups -OCH3 is 1. The fourth-order valence-corrected chi connectivity index (χ4v) is 2.30. The molecule has 8 heteroatoms. The topological polar surface area (TPSA) is 106 Å². The zero-order chi connectivity index (χ0) is 16.8. The number of amides is 1. The molecule has 1 aromatic carbocycles. The van der Waals surface area contributed by atoms with Crippen LogP contribution in [0.25, 0.3) is 0 Å². The second-order valence-electron chi connectivity index (χ2n) is 5.10. The van der Waals surface area contributed by atoms with Gasteiger partial charge in [0.2, 0.25) is 5.91 Å². The van der Waals surface area contributed by atoms with Gasteiger partial charge in [-0.1, -0.05) is 11.3 Å². The molecule has 0 saturated carbocycles. The molecule has 3 aromatic rings. The second kappa shape index (κ2) is 7.32. The van der Waals surface area contributed by atoms with E-state index in [9.17, 15) is 4.79 Å². The average Bonchev–Trinajstić information content (AvgIpc) is 3.15. The van der Waals surface area contributed by atoms with Crippen LogP contribution in [0.5, 0.6) is 5.75 Å². The van der Waals surface area contributed by atoms with Gasteiger partial charge in [0.05, 0.1) is 7.11 Å². The van der Waals surface area contributed by atoms with Crippen molar-refractivity contribution in [1.29, 1.82) is 0 Å². The molecule has 0 fully saturated rings. The number of tetrazole rings is 1. The first kappa shape index (κ1) is 15.6. The van der Waals surface area contributed by atoms with Gasteiger partial charge in [-0.2, -0.15) is 5.21 Å². The SMILES string of the molecule is COc1cccc(NC(=O)[C@H](Cc2ccncc2)c2nn[nH]n2)c1. The summed E-state index contributed by atoms with van der Waals surface area (Å²) in [6.07, 6.45) is 3.81. The number of rotatable bonds is 6. The number of aromatic amines is 1. The molecule has 2 aromatic heterocycles. The molecular weight excluding hydrogens is 308 g/mol. The minimum Gasteiger partial charge on any atom is -0.497 e. The van der Waals surface area contributed by atoms with Crippen LogP contribution in [0.2, 0.25) is 0 Å². The Hall–Kier alpha value is -3.29. The van der Waals surface area contributed by atoms with Gasteiger partial charge in [0, 0.05) is 24.1 Å². The van der Waals surface area contributed by atoms with Gasteiger partial charge in [-0.15, -0.1) is 10.2 Å². The number of nitrogens with zero attached hydrogens (tertiary/aromatic N) is 4. The molecule has 8 nitrogen and oxygen atoms in total. The number of aromatic nitrogens is 5. The standard InChI is InChI=1S/C16H16N6O2/c1-24-13-4-2-3-12(10-13)18-16(23)14(15-19-21-22-20-15)9-11-5-7-17-8-6-11/h2-8,10,14H,9H2,1H3,(H,18,23)(H,19,20,21,22)/t14-/m1/s1. The molecule has 0 radical (unpaired) electrons. The maximum Gasteiger partial charge on any atom is 0.235 e. The van der Waals surface area contributed by atoms with Gasteiger partial charge in [0.25, 0.3) is 0 Å². The third-order valence-corrected chi connectivity index (χ3v) is 3.52. The van der Waals surface area contributed by atoms with Crippen LogP contribution in [0.1, 0.15) is 17.3 Å². The lowest BCUT2D eigenvalue weighted by atomic mass is 9.98. The predicted octanol–water partition coefficient (Wildman–Crippen LogP) is 1.57. The summed E-state index contributed by atoms with van der Waals surface area (Å²) in [5.74, 6) is 0.212. The number of hydrogen-bond acceptors (Lipinski definition) is 6. The molecule has 3 rings (SSSR count). The van der Waals surface area contributed by atoms with Crippen LogP contribution in [0, 0.1) is 0 Å². The number of nitrogens with one attached hydrogen (secondary N) is 2. The Kier molecular flexibility index (Phi) is 4.76. The van der Waals surface area contributed by atoms with Crippen LogP contribution in [-0.4, -0.2) is 38.6 Å². The summed E-state index contributed by atoms with van der Waals surface area (Å²) in [5, 5.41) is 16.7. The Morgan fingerprint density at radius 1 is 1.29 bits per heavy atom. The summed E-state index contributed by atoms with van der Waals surface area (Å²) in [6, 6.07) is 10.9. The van der Waals surface area contributed by atoms with Crippen molar-refractivity contribution in [1.82, 2.24) is 25.6 Å². The van der Waals surface area contributed by atoms with Crippen molar-refractivity contribution in [3.05, 3.63) is 60.2 Å². The number of carbonyl (C=O) groups is 1. The number of benzene rings is 1. The van der Waals surface area contributed by atoms with Crippen molar-refractivity contribution in [2.75, 3.05) is 12.4 Å². The largest absolute Gasteiger partial charge is 0.497 e. The summed E-state index contributed by atoms with van der Waals surface area (Å²) in [5.41, 5.74) is 1.60. The van der Waals surface area contributed by atoms with Crippen molar-refractivity contribution < 1.29 is 9.53 Å².